The molecule has 1 N–H and O–H groups in total. The predicted octanol–water partition coefficient (Wildman–Crippen LogP) is 1.01. The minimum absolute atomic E-state index is 0.0327. The molecule has 2 aliphatic rings. The topological polar surface area (TPSA) is 61.9 Å². The number of hydrogen-bond acceptors (Lipinski definition) is 5. The lowest BCUT2D eigenvalue weighted by Crippen LogP contribution is -2.45. The Morgan fingerprint density at radius 1 is 1.20 bits per heavy atom. The highest BCUT2D eigenvalue weighted by atomic mass is 32.2. The average molecular weight is 361 g/mol. The third-order valence-corrected chi connectivity index (χ3v) is 5.02. The molecule has 1 fully saturated rings. The van der Waals surface area contributed by atoms with Gasteiger partial charge in [0.1, 0.15) is 6.54 Å². The van der Waals surface area contributed by atoms with E-state index >= 15 is 0 Å². The second-order valence-electron chi connectivity index (χ2n) is 5.96. The van der Waals surface area contributed by atoms with Gasteiger partial charge in [-0.1, -0.05) is 30.3 Å². The fourth-order valence-corrected chi connectivity index (χ4v) is 3.65. The van der Waals surface area contributed by atoms with E-state index in [2.05, 4.69) is 10.2 Å². The summed E-state index contributed by atoms with van der Waals surface area (Å²) in [5.41, 5.74) is 1.74. The van der Waals surface area contributed by atoms with Gasteiger partial charge in [0.25, 0.3) is 0 Å². The SMILES string of the molecule is O=C(CN1C(=O)CSC=C1c1ccccc1)NCCN1CCOCC1. The number of rotatable bonds is 6. The molecule has 0 radical (unpaired) electrons. The molecule has 3 rings (SSSR count). The molecule has 0 saturated carbocycles. The first kappa shape index (κ1) is 18.0. The van der Waals surface area contributed by atoms with Crippen molar-refractivity contribution in [3.63, 3.8) is 0 Å². The molecular weight excluding hydrogens is 338 g/mol. The Labute approximate surface area is 152 Å². The molecule has 1 saturated heterocycles. The van der Waals surface area contributed by atoms with Crippen molar-refractivity contribution in [2.75, 3.05) is 51.7 Å². The van der Waals surface area contributed by atoms with Crippen molar-refractivity contribution in [2.24, 2.45) is 0 Å². The van der Waals surface area contributed by atoms with Crippen molar-refractivity contribution in [1.29, 1.82) is 0 Å². The largest absolute Gasteiger partial charge is 0.379 e. The Hall–Kier alpha value is -1.83. The highest BCUT2D eigenvalue weighted by Gasteiger charge is 2.25. The number of morpholine rings is 1. The molecule has 7 heteroatoms. The van der Waals surface area contributed by atoms with Gasteiger partial charge in [-0.25, -0.2) is 0 Å². The molecule has 2 aliphatic heterocycles. The number of carbonyl (C=O) groups excluding carboxylic acids is 2. The Balaban J connectivity index is 1.53. The Bertz CT molecular complexity index is 630. The smallest absolute Gasteiger partial charge is 0.240 e. The molecule has 0 unspecified atom stereocenters. The highest BCUT2D eigenvalue weighted by Crippen LogP contribution is 2.27. The quantitative estimate of drug-likeness (QED) is 0.819. The van der Waals surface area contributed by atoms with E-state index in [-0.39, 0.29) is 18.4 Å². The van der Waals surface area contributed by atoms with Crippen molar-refractivity contribution in [3.8, 4) is 0 Å². The van der Waals surface area contributed by atoms with E-state index in [1.165, 1.54) is 11.8 Å². The van der Waals surface area contributed by atoms with Gasteiger partial charge in [-0.2, -0.15) is 0 Å². The standard InChI is InChI=1S/C18H23N3O3S/c22-17(19-6-7-20-8-10-24-11-9-20)12-21-16(13-25-14-18(21)23)15-4-2-1-3-5-15/h1-5,13H,6-12,14H2,(H,19,22). The molecule has 0 aromatic heterocycles. The molecule has 0 aliphatic carbocycles. The molecule has 0 bridgehead atoms. The van der Waals surface area contributed by atoms with Crippen molar-refractivity contribution >= 4 is 29.3 Å². The fourth-order valence-electron chi connectivity index (χ4n) is 2.85. The number of nitrogens with zero attached hydrogens (tertiary/aromatic N) is 2. The molecule has 0 spiro atoms. The second kappa shape index (κ2) is 9.03. The van der Waals surface area contributed by atoms with Gasteiger partial charge in [0, 0.05) is 26.2 Å². The third kappa shape index (κ3) is 5.07. The maximum atomic E-state index is 12.3. The van der Waals surface area contributed by atoms with Crippen molar-refractivity contribution < 1.29 is 14.3 Å². The van der Waals surface area contributed by atoms with Gasteiger partial charge in [-0.15, -0.1) is 11.8 Å². The molecule has 134 valence electrons. The van der Waals surface area contributed by atoms with E-state index in [1.807, 2.05) is 35.7 Å². The van der Waals surface area contributed by atoms with Crippen LogP contribution in [-0.4, -0.2) is 73.3 Å². The molecular formula is C18H23N3O3S. The monoisotopic (exact) mass is 361 g/mol. The minimum atomic E-state index is -0.129. The molecule has 0 atom stereocenters. The van der Waals surface area contributed by atoms with Crippen LogP contribution in [0.2, 0.25) is 0 Å². The van der Waals surface area contributed by atoms with E-state index in [0.29, 0.717) is 12.3 Å². The molecule has 6 nitrogen and oxygen atoms in total. The third-order valence-electron chi connectivity index (χ3n) is 4.22. The number of benzene rings is 1. The molecule has 2 heterocycles. The van der Waals surface area contributed by atoms with Crippen molar-refractivity contribution in [3.05, 3.63) is 41.3 Å². The maximum absolute atomic E-state index is 12.3. The Morgan fingerprint density at radius 3 is 2.72 bits per heavy atom. The molecule has 25 heavy (non-hydrogen) atoms. The maximum Gasteiger partial charge on any atom is 0.240 e. The Morgan fingerprint density at radius 2 is 1.96 bits per heavy atom. The van der Waals surface area contributed by atoms with Gasteiger partial charge < -0.3 is 15.0 Å². The van der Waals surface area contributed by atoms with Crippen LogP contribution in [-0.2, 0) is 14.3 Å². The molecule has 1 aromatic rings. The summed E-state index contributed by atoms with van der Waals surface area (Å²) in [5.74, 6) is 0.210. The van der Waals surface area contributed by atoms with E-state index in [1.54, 1.807) is 4.90 Å². The van der Waals surface area contributed by atoms with Gasteiger partial charge in [0.2, 0.25) is 11.8 Å². The first-order valence-electron chi connectivity index (χ1n) is 8.48. The van der Waals surface area contributed by atoms with Crippen LogP contribution in [0.3, 0.4) is 0 Å². The van der Waals surface area contributed by atoms with Crippen LogP contribution in [0.25, 0.3) is 5.70 Å². The van der Waals surface area contributed by atoms with Gasteiger partial charge in [0.05, 0.1) is 24.7 Å². The molecule has 1 aromatic carbocycles. The van der Waals surface area contributed by atoms with Gasteiger partial charge in [-0.05, 0) is 11.0 Å². The van der Waals surface area contributed by atoms with Crippen molar-refractivity contribution in [2.45, 2.75) is 0 Å². The van der Waals surface area contributed by atoms with Gasteiger partial charge in [0.15, 0.2) is 0 Å². The minimum Gasteiger partial charge on any atom is -0.379 e. The summed E-state index contributed by atoms with van der Waals surface area (Å²) < 4.78 is 5.31. The summed E-state index contributed by atoms with van der Waals surface area (Å²) >= 11 is 1.47. The zero-order valence-corrected chi connectivity index (χ0v) is 15.0. The zero-order valence-electron chi connectivity index (χ0n) is 14.1. The van der Waals surface area contributed by atoms with Crippen LogP contribution in [0.1, 0.15) is 5.56 Å². The van der Waals surface area contributed by atoms with Crippen LogP contribution in [0.4, 0.5) is 0 Å². The van der Waals surface area contributed by atoms with E-state index in [9.17, 15) is 9.59 Å². The number of carbonyl (C=O) groups is 2. The van der Waals surface area contributed by atoms with Crippen LogP contribution >= 0.6 is 11.8 Å². The first-order chi connectivity index (χ1) is 12.2. The van der Waals surface area contributed by atoms with Crippen LogP contribution in [0.15, 0.2) is 35.7 Å². The second-order valence-corrected chi connectivity index (χ2v) is 6.82. The lowest BCUT2D eigenvalue weighted by atomic mass is 10.1. The highest BCUT2D eigenvalue weighted by molar-refractivity contribution is 8.03. The average Bonchev–Trinajstić information content (AvgIpc) is 2.65. The number of ether oxygens (including phenoxy) is 1. The predicted molar refractivity (Wildman–Crippen MR) is 98.9 cm³/mol. The number of nitrogens with one attached hydrogen (secondary N) is 1. The summed E-state index contributed by atoms with van der Waals surface area (Å²) in [5, 5.41) is 4.88. The fraction of sp³-hybridized carbons (Fsp3) is 0.444. The van der Waals surface area contributed by atoms with Gasteiger partial charge in [-0.3, -0.25) is 14.5 Å². The van der Waals surface area contributed by atoms with Crippen LogP contribution in [0.5, 0.6) is 0 Å². The number of amides is 2. The zero-order chi connectivity index (χ0) is 17.5. The van der Waals surface area contributed by atoms with E-state index in [0.717, 1.165) is 44.1 Å². The van der Waals surface area contributed by atoms with Crippen molar-refractivity contribution in [1.82, 2.24) is 15.1 Å². The molecule has 2 amide bonds. The first-order valence-corrected chi connectivity index (χ1v) is 9.53. The lowest BCUT2D eigenvalue weighted by Gasteiger charge is -2.29. The number of hydrogen-bond donors (Lipinski definition) is 1. The van der Waals surface area contributed by atoms with Gasteiger partial charge >= 0.3 is 0 Å². The summed E-state index contributed by atoms with van der Waals surface area (Å²) in [4.78, 5) is 28.4. The summed E-state index contributed by atoms with van der Waals surface area (Å²) in [6.07, 6.45) is 0. The normalized spacial score (nSPS) is 18.8. The van der Waals surface area contributed by atoms with E-state index in [4.69, 9.17) is 4.74 Å². The van der Waals surface area contributed by atoms with E-state index < -0.39 is 0 Å². The van der Waals surface area contributed by atoms with Crippen LogP contribution in [0, 0.1) is 0 Å². The van der Waals surface area contributed by atoms with Crippen LogP contribution < -0.4 is 5.32 Å². The number of thioether (sulfide) groups is 1. The lowest BCUT2D eigenvalue weighted by molar-refractivity contribution is -0.131. The summed E-state index contributed by atoms with van der Waals surface area (Å²) in [6, 6.07) is 9.70. The summed E-state index contributed by atoms with van der Waals surface area (Å²) in [6.45, 7) is 4.75. The Kier molecular flexibility index (Phi) is 6.49. The summed E-state index contributed by atoms with van der Waals surface area (Å²) in [7, 11) is 0.